The maximum Gasteiger partial charge on any atom is 0.290 e. The summed E-state index contributed by atoms with van der Waals surface area (Å²) in [6.45, 7) is 1.82. The number of hydrogen-bond donors (Lipinski definition) is 3. The number of H-pyrrole nitrogens is 1. The van der Waals surface area contributed by atoms with Crippen LogP contribution in [-0.4, -0.2) is 22.0 Å². The first-order chi connectivity index (χ1) is 10.6. The molecule has 0 saturated heterocycles. The van der Waals surface area contributed by atoms with Gasteiger partial charge in [0.1, 0.15) is 0 Å². The third kappa shape index (κ3) is 3.45. The summed E-state index contributed by atoms with van der Waals surface area (Å²) in [5.41, 5.74) is 4.10. The lowest BCUT2D eigenvalue weighted by atomic mass is 10.1. The standard InChI is InChI=1S/C15H14N4O3/c1-2-3-4-9-12(20)16-19-15(22)13-10-7-5-6-8-11(10)14(21)18-17-13/h2-9H,1H3,(H,16,20)(H,18,21)(H,19,22)/b3-2+,9-4+. The van der Waals surface area contributed by atoms with Crippen molar-refractivity contribution in [2.45, 2.75) is 6.92 Å². The fraction of sp³-hybridized carbons (Fsp3) is 0.0667. The van der Waals surface area contributed by atoms with Gasteiger partial charge in [-0.05, 0) is 13.0 Å². The van der Waals surface area contributed by atoms with E-state index in [0.29, 0.717) is 10.8 Å². The highest BCUT2D eigenvalue weighted by molar-refractivity contribution is 6.05. The van der Waals surface area contributed by atoms with Crippen LogP contribution in [0.1, 0.15) is 17.4 Å². The minimum absolute atomic E-state index is 0.0212. The quantitative estimate of drug-likeness (QED) is 0.443. The van der Waals surface area contributed by atoms with Gasteiger partial charge in [0.2, 0.25) is 0 Å². The first-order valence-corrected chi connectivity index (χ1v) is 6.50. The lowest BCUT2D eigenvalue weighted by Crippen LogP contribution is -2.41. The second-order valence-corrected chi connectivity index (χ2v) is 4.28. The molecule has 0 bridgehead atoms. The topological polar surface area (TPSA) is 104 Å². The van der Waals surface area contributed by atoms with E-state index in [1.165, 1.54) is 12.2 Å². The summed E-state index contributed by atoms with van der Waals surface area (Å²) >= 11 is 0. The van der Waals surface area contributed by atoms with Crippen molar-refractivity contribution in [3.63, 3.8) is 0 Å². The molecule has 1 heterocycles. The molecular formula is C15H14N4O3. The van der Waals surface area contributed by atoms with Crippen LogP contribution in [0.15, 0.2) is 53.4 Å². The second kappa shape index (κ2) is 6.98. The number of nitrogens with zero attached hydrogens (tertiary/aromatic N) is 1. The summed E-state index contributed by atoms with van der Waals surface area (Å²) in [7, 11) is 0. The SMILES string of the molecule is C/C=C/C=C/C(=O)NNC(=O)c1n[nH]c(=O)c2ccccc12. The predicted octanol–water partition coefficient (Wildman–Crippen LogP) is 0.816. The Morgan fingerprint density at radius 1 is 1.14 bits per heavy atom. The number of benzene rings is 1. The highest BCUT2D eigenvalue weighted by Gasteiger charge is 2.13. The third-order valence-electron chi connectivity index (χ3n) is 2.76. The number of aromatic amines is 1. The van der Waals surface area contributed by atoms with Crippen molar-refractivity contribution in [2.24, 2.45) is 0 Å². The average Bonchev–Trinajstić information content (AvgIpc) is 2.53. The van der Waals surface area contributed by atoms with Crippen LogP contribution in [-0.2, 0) is 4.79 Å². The van der Waals surface area contributed by atoms with E-state index in [9.17, 15) is 14.4 Å². The van der Waals surface area contributed by atoms with E-state index in [1.807, 2.05) is 6.92 Å². The Morgan fingerprint density at radius 3 is 2.59 bits per heavy atom. The molecule has 7 nitrogen and oxygen atoms in total. The molecule has 2 aromatic rings. The van der Waals surface area contributed by atoms with Crippen LogP contribution in [0.2, 0.25) is 0 Å². The Balaban J connectivity index is 2.16. The van der Waals surface area contributed by atoms with Crippen LogP contribution in [0.4, 0.5) is 0 Å². The molecule has 0 saturated carbocycles. The molecule has 1 aromatic heterocycles. The number of nitrogens with one attached hydrogen (secondary N) is 3. The van der Waals surface area contributed by atoms with Gasteiger partial charge in [-0.3, -0.25) is 25.2 Å². The lowest BCUT2D eigenvalue weighted by molar-refractivity contribution is -0.117. The number of fused-ring (bicyclic) bond motifs is 1. The van der Waals surface area contributed by atoms with Crippen molar-refractivity contribution in [3.05, 3.63) is 64.6 Å². The Labute approximate surface area is 125 Å². The molecule has 0 aliphatic heterocycles. The fourth-order valence-electron chi connectivity index (χ4n) is 1.76. The molecule has 0 atom stereocenters. The number of hydrogen-bond acceptors (Lipinski definition) is 4. The Morgan fingerprint density at radius 2 is 1.86 bits per heavy atom. The van der Waals surface area contributed by atoms with Crippen LogP contribution >= 0.6 is 0 Å². The summed E-state index contributed by atoms with van der Waals surface area (Å²) in [5, 5.41) is 6.73. The fourth-order valence-corrected chi connectivity index (χ4v) is 1.76. The molecule has 0 fully saturated rings. The van der Waals surface area contributed by atoms with E-state index < -0.39 is 11.8 Å². The number of amides is 2. The van der Waals surface area contributed by atoms with Crippen molar-refractivity contribution in [3.8, 4) is 0 Å². The largest absolute Gasteiger partial charge is 0.290 e. The van der Waals surface area contributed by atoms with E-state index >= 15 is 0 Å². The van der Waals surface area contributed by atoms with Crippen molar-refractivity contribution in [1.82, 2.24) is 21.0 Å². The number of carbonyl (C=O) groups is 2. The van der Waals surface area contributed by atoms with Crippen LogP contribution in [0, 0.1) is 0 Å². The third-order valence-corrected chi connectivity index (χ3v) is 2.76. The molecule has 0 radical (unpaired) electrons. The summed E-state index contributed by atoms with van der Waals surface area (Å²) in [4.78, 5) is 35.1. The van der Waals surface area contributed by atoms with Gasteiger partial charge in [-0.1, -0.05) is 36.4 Å². The van der Waals surface area contributed by atoms with E-state index in [1.54, 1.807) is 36.4 Å². The summed E-state index contributed by atoms with van der Waals surface area (Å²) in [6, 6.07) is 6.58. The van der Waals surface area contributed by atoms with Crippen LogP contribution in [0.3, 0.4) is 0 Å². The number of hydrazine groups is 1. The highest BCUT2D eigenvalue weighted by atomic mass is 16.2. The molecule has 7 heteroatoms. The molecule has 22 heavy (non-hydrogen) atoms. The summed E-state index contributed by atoms with van der Waals surface area (Å²) in [5.74, 6) is -1.11. The molecule has 0 aliphatic carbocycles. The Kier molecular flexibility index (Phi) is 4.81. The number of aromatic nitrogens is 2. The van der Waals surface area contributed by atoms with Gasteiger partial charge in [0.25, 0.3) is 17.4 Å². The molecule has 3 N–H and O–H groups in total. The molecule has 1 aromatic carbocycles. The first kappa shape index (κ1) is 15.2. The van der Waals surface area contributed by atoms with Gasteiger partial charge in [0.05, 0.1) is 5.39 Å². The molecule has 0 aliphatic rings. The van der Waals surface area contributed by atoms with Gasteiger partial charge in [-0.25, -0.2) is 5.10 Å². The zero-order valence-electron chi connectivity index (χ0n) is 11.8. The van der Waals surface area contributed by atoms with Gasteiger partial charge < -0.3 is 0 Å². The van der Waals surface area contributed by atoms with Gasteiger partial charge >= 0.3 is 0 Å². The molecule has 2 amide bonds. The maximum absolute atomic E-state index is 12.1. The first-order valence-electron chi connectivity index (χ1n) is 6.50. The minimum atomic E-state index is -0.625. The van der Waals surface area contributed by atoms with Crippen molar-refractivity contribution < 1.29 is 9.59 Å². The zero-order valence-corrected chi connectivity index (χ0v) is 11.8. The second-order valence-electron chi connectivity index (χ2n) is 4.28. The molecule has 112 valence electrons. The number of carbonyl (C=O) groups excluding carboxylic acids is 2. The molecule has 2 rings (SSSR count). The van der Waals surface area contributed by atoms with Crippen LogP contribution < -0.4 is 16.4 Å². The Hall–Kier alpha value is -3.22. The smallest absolute Gasteiger partial charge is 0.268 e. The van der Waals surface area contributed by atoms with E-state index in [4.69, 9.17) is 0 Å². The maximum atomic E-state index is 12.1. The van der Waals surface area contributed by atoms with E-state index in [0.717, 1.165) is 0 Å². The summed E-state index contributed by atoms with van der Waals surface area (Å²) in [6.07, 6.45) is 6.24. The number of allylic oxidation sites excluding steroid dienone is 3. The number of rotatable bonds is 3. The van der Waals surface area contributed by atoms with Crippen molar-refractivity contribution in [2.75, 3.05) is 0 Å². The van der Waals surface area contributed by atoms with Gasteiger partial charge in [0.15, 0.2) is 5.69 Å². The Bertz CT molecular complexity index is 821. The van der Waals surface area contributed by atoms with Gasteiger partial charge in [-0.2, -0.15) is 5.10 Å². The van der Waals surface area contributed by atoms with Gasteiger partial charge in [0, 0.05) is 11.5 Å². The highest BCUT2D eigenvalue weighted by Crippen LogP contribution is 2.11. The average molecular weight is 298 g/mol. The predicted molar refractivity (Wildman–Crippen MR) is 81.9 cm³/mol. The van der Waals surface area contributed by atoms with E-state index in [-0.39, 0.29) is 11.3 Å². The van der Waals surface area contributed by atoms with E-state index in [2.05, 4.69) is 21.0 Å². The van der Waals surface area contributed by atoms with Crippen LogP contribution in [0.25, 0.3) is 10.8 Å². The normalized spacial score (nSPS) is 11.1. The zero-order chi connectivity index (χ0) is 15.9. The van der Waals surface area contributed by atoms with Crippen molar-refractivity contribution in [1.29, 1.82) is 0 Å². The molecule has 0 spiro atoms. The van der Waals surface area contributed by atoms with Crippen LogP contribution in [0.5, 0.6) is 0 Å². The van der Waals surface area contributed by atoms with Gasteiger partial charge in [-0.15, -0.1) is 0 Å². The lowest BCUT2D eigenvalue weighted by Gasteiger charge is -2.06. The minimum Gasteiger partial charge on any atom is -0.268 e. The summed E-state index contributed by atoms with van der Waals surface area (Å²) < 4.78 is 0. The van der Waals surface area contributed by atoms with Crippen molar-refractivity contribution >= 4 is 22.6 Å². The monoisotopic (exact) mass is 298 g/mol. The molecular weight excluding hydrogens is 284 g/mol. The molecule has 0 unspecified atom stereocenters.